The number of anilines is 1. The first kappa shape index (κ1) is 16.9. The van der Waals surface area contributed by atoms with Crippen molar-refractivity contribution in [3.63, 3.8) is 0 Å². The molecule has 5 heteroatoms. The Morgan fingerprint density at radius 2 is 1.92 bits per heavy atom. The monoisotopic (exact) mass is 363 g/mol. The summed E-state index contributed by atoms with van der Waals surface area (Å²) in [5.41, 5.74) is 4.05. The second kappa shape index (κ2) is 7.79. The van der Waals surface area contributed by atoms with Crippen LogP contribution in [0.1, 0.15) is 23.1 Å². The van der Waals surface area contributed by atoms with Crippen LogP contribution in [0, 0.1) is 0 Å². The number of carbonyl (C=O) groups is 1. The lowest BCUT2D eigenvalue weighted by Crippen LogP contribution is -2.17. The van der Waals surface area contributed by atoms with E-state index in [-0.39, 0.29) is 5.91 Å². The number of hydrogen-bond acceptors (Lipinski definition) is 3. The lowest BCUT2D eigenvalue weighted by molar-refractivity contribution is -0.113. The van der Waals surface area contributed by atoms with E-state index in [0.29, 0.717) is 12.3 Å². The Hall–Kier alpha value is -2.53. The standard InChI is InChI=1S/C21H21N3OS/c25-21(15-26-19-10-9-17-7-4-8-18(17)13-19)23-20-11-12-22-24(20)14-16-5-2-1-3-6-16/h1-3,5-6,9-13H,4,7-8,14-15H2,(H,23,25). The molecule has 0 spiro atoms. The van der Waals surface area contributed by atoms with E-state index in [4.69, 9.17) is 0 Å². The van der Waals surface area contributed by atoms with Crippen molar-refractivity contribution >= 4 is 23.5 Å². The van der Waals surface area contributed by atoms with Crippen LogP contribution in [0.2, 0.25) is 0 Å². The molecular weight excluding hydrogens is 342 g/mol. The van der Waals surface area contributed by atoms with Gasteiger partial charge in [0, 0.05) is 11.0 Å². The fourth-order valence-electron chi connectivity index (χ4n) is 3.29. The van der Waals surface area contributed by atoms with Gasteiger partial charge in [0.05, 0.1) is 18.5 Å². The molecule has 0 unspecified atom stereocenters. The average molecular weight is 363 g/mol. The quantitative estimate of drug-likeness (QED) is 0.669. The Bertz CT molecular complexity index is 905. The first-order valence-electron chi connectivity index (χ1n) is 8.88. The van der Waals surface area contributed by atoms with Crippen LogP contribution in [0.25, 0.3) is 0 Å². The maximum atomic E-state index is 12.3. The van der Waals surface area contributed by atoms with Gasteiger partial charge in [-0.3, -0.25) is 4.79 Å². The molecule has 3 aromatic rings. The zero-order chi connectivity index (χ0) is 17.8. The molecular formula is C21H21N3OS. The highest BCUT2D eigenvalue weighted by atomic mass is 32.2. The van der Waals surface area contributed by atoms with E-state index in [9.17, 15) is 4.79 Å². The van der Waals surface area contributed by atoms with E-state index in [1.807, 2.05) is 28.9 Å². The van der Waals surface area contributed by atoms with Gasteiger partial charge in [0.2, 0.25) is 5.91 Å². The van der Waals surface area contributed by atoms with E-state index in [1.54, 1.807) is 18.0 Å². The van der Waals surface area contributed by atoms with Gasteiger partial charge < -0.3 is 5.32 Å². The number of rotatable bonds is 6. The van der Waals surface area contributed by atoms with Gasteiger partial charge in [0.1, 0.15) is 5.82 Å². The number of amides is 1. The highest BCUT2D eigenvalue weighted by Crippen LogP contribution is 2.27. The SMILES string of the molecule is O=C(CSc1ccc2c(c1)CCC2)Nc1ccnn1Cc1ccccc1. The van der Waals surface area contributed by atoms with E-state index < -0.39 is 0 Å². The molecule has 1 aliphatic rings. The number of hydrogen-bond donors (Lipinski definition) is 1. The minimum Gasteiger partial charge on any atom is -0.310 e. The fraction of sp³-hybridized carbons (Fsp3) is 0.238. The largest absolute Gasteiger partial charge is 0.310 e. The molecule has 0 aliphatic heterocycles. The molecule has 0 atom stereocenters. The van der Waals surface area contributed by atoms with Crippen molar-refractivity contribution in [3.05, 3.63) is 77.5 Å². The van der Waals surface area contributed by atoms with E-state index in [0.717, 1.165) is 17.8 Å². The van der Waals surface area contributed by atoms with Crippen LogP contribution < -0.4 is 5.32 Å². The number of aromatic nitrogens is 2. The third-order valence-corrected chi connectivity index (χ3v) is 5.59. The minimum absolute atomic E-state index is 0.00897. The first-order valence-corrected chi connectivity index (χ1v) is 9.87. The van der Waals surface area contributed by atoms with E-state index in [2.05, 4.69) is 40.7 Å². The second-order valence-electron chi connectivity index (χ2n) is 6.48. The fourth-order valence-corrected chi connectivity index (χ4v) is 4.05. The summed E-state index contributed by atoms with van der Waals surface area (Å²) in [6.45, 7) is 0.640. The van der Waals surface area contributed by atoms with E-state index >= 15 is 0 Å². The van der Waals surface area contributed by atoms with Crippen LogP contribution in [-0.4, -0.2) is 21.4 Å². The van der Waals surface area contributed by atoms with Crippen LogP contribution in [-0.2, 0) is 24.2 Å². The molecule has 0 saturated carbocycles. The minimum atomic E-state index is -0.00897. The number of thioether (sulfide) groups is 1. The molecule has 1 amide bonds. The highest BCUT2D eigenvalue weighted by Gasteiger charge is 2.12. The van der Waals surface area contributed by atoms with Gasteiger partial charge in [0.15, 0.2) is 0 Å². The summed E-state index contributed by atoms with van der Waals surface area (Å²) in [6.07, 6.45) is 5.31. The number of carbonyl (C=O) groups excluding carboxylic acids is 1. The van der Waals surface area contributed by atoms with Crippen molar-refractivity contribution in [2.24, 2.45) is 0 Å². The summed E-state index contributed by atoms with van der Waals surface area (Å²) in [6, 6.07) is 18.5. The summed E-state index contributed by atoms with van der Waals surface area (Å²) < 4.78 is 1.81. The normalized spacial score (nSPS) is 12.8. The maximum Gasteiger partial charge on any atom is 0.235 e. The predicted molar refractivity (Wildman–Crippen MR) is 106 cm³/mol. The highest BCUT2D eigenvalue weighted by molar-refractivity contribution is 8.00. The molecule has 1 aliphatic carbocycles. The molecule has 26 heavy (non-hydrogen) atoms. The summed E-state index contributed by atoms with van der Waals surface area (Å²) in [4.78, 5) is 13.5. The van der Waals surface area contributed by atoms with Gasteiger partial charge in [-0.1, -0.05) is 36.4 Å². The van der Waals surface area contributed by atoms with Gasteiger partial charge in [-0.2, -0.15) is 5.10 Å². The Kier molecular flexibility index (Phi) is 5.07. The number of aryl methyl sites for hydroxylation is 2. The van der Waals surface area contributed by atoms with Crippen molar-refractivity contribution in [1.82, 2.24) is 9.78 Å². The van der Waals surface area contributed by atoms with E-state index in [1.165, 1.54) is 28.9 Å². The lowest BCUT2D eigenvalue weighted by atomic mass is 10.1. The third kappa shape index (κ3) is 3.99. The zero-order valence-electron chi connectivity index (χ0n) is 14.5. The zero-order valence-corrected chi connectivity index (χ0v) is 15.3. The van der Waals surface area contributed by atoms with Crippen molar-refractivity contribution in [3.8, 4) is 0 Å². The predicted octanol–water partition coefficient (Wildman–Crippen LogP) is 4.15. The number of nitrogens with zero attached hydrogens (tertiary/aromatic N) is 2. The Morgan fingerprint density at radius 3 is 2.81 bits per heavy atom. The molecule has 0 saturated heterocycles. The van der Waals surface area contributed by atoms with Gasteiger partial charge >= 0.3 is 0 Å². The molecule has 1 heterocycles. The Balaban J connectivity index is 1.35. The molecule has 1 aromatic heterocycles. The van der Waals surface area contributed by atoms with Crippen molar-refractivity contribution in [2.75, 3.05) is 11.1 Å². The molecule has 0 bridgehead atoms. The molecule has 0 fully saturated rings. The van der Waals surface area contributed by atoms with Crippen LogP contribution in [0.4, 0.5) is 5.82 Å². The van der Waals surface area contributed by atoms with Gasteiger partial charge in [-0.05, 0) is 48.1 Å². The molecule has 4 nitrogen and oxygen atoms in total. The summed E-state index contributed by atoms with van der Waals surface area (Å²) in [5.74, 6) is 1.12. The van der Waals surface area contributed by atoms with Crippen LogP contribution in [0.15, 0.2) is 65.7 Å². The van der Waals surface area contributed by atoms with Gasteiger partial charge in [-0.25, -0.2) is 4.68 Å². The number of nitrogens with one attached hydrogen (secondary N) is 1. The van der Waals surface area contributed by atoms with Crippen LogP contribution in [0.3, 0.4) is 0 Å². The summed E-state index contributed by atoms with van der Waals surface area (Å²) >= 11 is 1.58. The third-order valence-electron chi connectivity index (χ3n) is 4.60. The summed E-state index contributed by atoms with van der Waals surface area (Å²) in [7, 11) is 0. The smallest absolute Gasteiger partial charge is 0.235 e. The average Bonchev–Trinajstić information content (AvgIpc) is 3.30. The Morgan fingerprint density at radius 1 is 1.08 bits per heavy atom. The van der Waals surface area contributed by atoms with Gasteiger partial charge in [-0.15, -0.1) is 11.8 Å². The molecule has 2 aromatic carbocycles. The topological polar surface area (TPSA) is 46.9 Å². The molecule has 132 valence electrons. The summed E-state index contributed by atoms with van der Waals surface area (Å²) in [5, 5.41) is 7.29. The number of fused-ring (bicyclic) bond motifs is 1. The maximum absolute atomic E-state index is 12.3. The first-order chi connectivity index (χ1) is 12.8. The second-order valence-corrected chi connectivity index (χ2v) is 7.53. The van der Waals surface area contributed by atoms with Gasteiger partial charge in [0.25, 0.3) is 0 Å². The lowest BCUT2D eigenvalue weighted by Gasteiger charge is -2.09. The Labute approximate surface area is 157 Å². The van der Waals surface area contributed by atoms with Crippen molar-refractivity contribution < 1.29 is 4.79 Å². The molecule has 4 rings (SSSR count). The van der Waals surface area contributed by atoms with Crippen LogP contribution in [0.5, 0.6) is 0 Å². The molecule has 0 radical (unpaired) electrons. The van der Waals surface area contributed by atoms with Crippen molar-refractivity contribution in [2.45, 2.75) is 30.7 Å². The molecule has 1 N–H and O–H groups in total. The van der Waals surface area contributed by atoms with Crippen molar-refractivity contribution in [1.29, 1.82) is 0 Å². The van der Waals surface area contributed by atoms with Crippen LogP contribution >= 0.6 is 11.8 Å². The number of benzene rings is 2.